The molecule has 0 saturated carbocycles. The maximum Gasteiger partial charge on any atom is 0.158 e. The van der Waals surface area contributed by atoms with E-state index in [1.165, 1.54) is 19.3 Å². The van der Waals surface area contributed by atoms with Gasteiger partial charge in [-0.3, -0.25) is 0 Å². The maximum atomic E-state index is 6.03. The molecule has 1 aromatic heterocycles. The summed E-state index contributed by atoms with van der Waals surface area (Å²) < 4.78 is 5.06. The Balaban J connectivity index is 2.08. The molecule has 1 unspecified atom stereocenters. The average Bonchev–Trinajstić information content (AvgIpc) is 2.78. The smallest absolute Gasteiger partial charge is 0.158 e. The predicted molar refractivity (Wildman–Crippen MR) is 73.0 cm³/mol. The van der Waals surface area contributed by atoms with Gasteiger partial charge in [0.25, 0.3) is 0 Å². The molecule has 1 atom stereocenters. The number of anilines is 1. The summed E-state index contributed by atoms with van der Waals surface area (Å²) in [4.78, 5) is 11.0. The summed E-state index contributed by atoms with van der Waals surface area (Å²) in [5, 5.41) is 0.492. The highest BCUT2D eigenvalue weighted by Gasteiger charge is 2.23. The zero-order valence-corrected chi connectivity index (χ0v) is 11.8. The first-order chi connectivity index (χ1) is 8.72. The van der Waals surface area contributed by atoms with Gasteiger partial charge in [-0.05, 0) is 18.8 Å². The van der Waals surface area contributed by atoms with Crippen LogP contribution in [0.3, 0.4) is 0 Å². The number of hydrogen-bond acceptors (Lipinski definition) is 4. The second kappa shape index (κ2) is 6.34. The van der Waals surface area contributed by atoms with Gasteiger partial charge in [0, 0.05) is 26.3 Å². The number of halogens is 1. The molecule has 2 rings (SSSR count). The van der Waals surface area contributed by atoms with Gasteiger partial charge in [-0.1, -0.05) is 24.9 Å². The van der Waals surface area contributed by atoms with Gasteiger partial charge in [0.15, 0.2) is 5.82 Å². The van der Waals surface area contributed by atoms with Crippen molar-refractivity contribution in [3.05, 3.63) is 17.0 Å². The lowest BCUT2D eigenvalue weighted by Crippen LogP contribution is -2.21. The van der Waals surface area contributed by atoms with Crippen LogP contribution in [0.5, 0.6) is 0 Å². The highest BCUT2D eigenvalue weighted by atomic mass is 35.5. The van der Waals surface area contributed by atoms with Crippen LogP contribution in [0.2, 0.25) is 5.15 Å². The van der Waals surface area contributed by atoms with Gasteiger partial charge in [-0.25, -0.2) is 9.97 Å². The Bertz CT molecular complexity index is 400. The van der Waals surface area contributed by atoms with Crippen LogP contribution in [0.4, 0.5) is 5.82 Å². The van der Waals surface area contributed by atoms with E-state index < -0.39 is 0 Å². The normalized spacial score (nSPS) is 19.5. The first-order valence-corrected chi connectivity index (χ1v) is 6.88. The number of methoxy groups -OCH3 is 1. The largest absolute Gasteiger partial charge is 0.377 e. The molecular weight excluding hydrogens is 250 g/mol. The highest BCUT2D eigenvalue weighted by Crippen LogP contribution is 2.26. The van der Waals surface area contributed by atoms with Crippen molar-refractivity contribution in [2.75, 3.05) is 25.1 Å². The summed E-state index contributed by atoms with van der Waals surface area (Å²) in [6, 6.07) is 1.84. The Morgan fingerprint density at radius 3 is 3.06 bits per heavy atom. The van der Waals surface area contributed by atoms with Crippen LogP contribution >= 0.6 is 11.6 Å². The lowest BCUT2D eigenvalue weighted by Gasteiger charge is -2.18. The van der Waals surface area contributed by atoms with Crippen molar-refractivity contribution >= 4 is 17.4 Å². The van der Waals surface area contributed by atoms with Gasteiger partial charge < -0.3 is 9.64 Å². The topological polar surface area (TPSA) is 38.2 Å². The van der Waals surface area contributed by atoms with Crippen LogP contribution in [0.25, 0.3) is 0 Å². The van der Waals surface area contributed by atoms with E-state index in [1.54, 1.807) is 7.11 Å². The minimum absolute atomic E-state index is 0.403. The lowest BCUT2D eigenvalue weighted by atomic mass is 10.0. The molecule has 1 aliphatic heterocycles. The zero-order valence-electron chi connectivity index (χ0n) is 11.0. The lowest BCUT2D eigenvalue weighted by molar-refractivity contribution is 0.178. The molecule has 18 heavy (non-hydrogen) atoms. The molecule has 1 fully saturated rings. The molecule has 0 spiro atoms. The molecule has 0 amide bonds. The summed E-state index contributed by atoms with van der Waals surface area (Å²) in [5.41, 5.74) is 0. The van der Waals surface area contributed by atoms with Crippen LogP contribution in [0.1, 0.15) is 32.0 Å². The van der Waals surface area contributed by atoms with Crippen LogP contribution in [-0.4, -0.2) is 30.2 Å². The van der Waals surface area contributed by atoms with E-state index in [0.717, 1.165) is 24.8 Å². The molecule has 5 heteroatoms. The number of aromatic nitrogens is 2. The fraction of sp³-hybridized carbons (Fsp3) is 0.692. The molecule has 100 valence electrons. The van der Waals surface area contributed by atoms with Gasteiger partial charge in [0.2, 0.25) is 0 Å². The summed E-state index contributed by atoms with van der Waals surface area (Å²) in [5.74, 6) is 2.37. The first kappa shape index (κ1) is 13.6. The first-order valence-electron chi connectivity index (χ1n) is 6.50. The van der Waals surface area contributed by atoms with E-state index in [0.29, 0.717) is 17.6 Å². The van der Waals surface area contributed by atoms with E-state index in [2.05, 4.69) is 21.8 Å². The van der Waals surface area contributed by atoms with Crippen LogP contribution in [-0.2, 0) is 11.3 Å². The molecule has 0 N–H and O–H groups in total. The Morgan fingerprint density at radius 2 is 2.33 bits per heavy atom. The summed E-state index contributed by atoms with van der Waals surface area (Å²) in [6.45, 7) is 4.78. The average molecular weight is 270 g/mol. The fourth-order valence-electron chi connectivity index (χ4n) is 2.49. The third kappa shape index (κ3) is 3.33. The Hall–Kier alpha value is -0.870. The highest BCUT2D eigenvalue weighted by molar-refractivity contribution is 6.29. The second-order valence-electron chi connectivity index (χ2n) is 4.79. The molecule has 1 saturated heterocycles. The molecular formula is C13H20ClN3O. The molecule has 1 aliphatic rings. The standard InChI is InChI=1S/C13H20ClN3O/c1-3-4-10-5-6-17(8-10)13-7-11(14)15-12(16-13)9-18-2/h7,10H,3-6,8-9H2,1-2H3. The van der Waals surface area contributed by atoms with Crippen molar-refractivity contribution in [1.82, 2.24) is 9.97 Å². The van der Waals surface area contributed by atoms with Crippen molar-refractivity contribution in [2.24, 2.45) is 5.92 Å². The molecule has 0 bridgehead atoms. The summed E-state index contributed by atoms with van der Waals surface area (Å²) in [6.07, 6.45) is 3.78. The Morgan fingerprint density at radius 1 is 1.50 bits per heavy atom. The van der Waals surface area contributed by atoms with Gasteiger partial charge in [0.05, 0.1) is 0 Å². The fourth-order valence-corrected chi connectivity index (χ4v) is 2.69. The number of rotatable bonds is 5. The SMILES string of the molecule is CCCC1CCN(c2cc(Cl)nc(COC)n2)C1. The van der Waals surface area contributed by atoms with Crippen molar-refractivity contribution in [1.29, 1.82) is 0 Å². The number of ether oxygens (including phenoxy) is 1. The van der Waals surface area contributed by atoms with Gasteiger partial charge in [-0.15, -0.1) is 0 Å². The minimum atomic E-state index is 0.403. The third-order valence-corrected chi connectivity index (χ3v) is 3.50. The van der Waals surface area contributed by atoms with E-state index in [4.69, 9.17) is 16.3 Å². The Kier molecular flexibility index (Phi) is 4.78. The number of nitrogens with zero attached hydrogens (tertiary/aromatic N) is 3. The van der Waals surface area contributed by atoms with Crippen molar-refractivity contribution in [3.63, 3.8) is 0 Å². The van der Waals surface area contributed by atoms with Gasteiger partial charge >= 0.3 is 0 Å². The molecule has 0 radical (unpaired) electrons. The zero-order chi connectivity index (χ0) is 13.0. The van der Waals surface area contributed by atoms with E-state index in [1.807, 2.05) is 6.07 Å². The van der Waals surface area contributed by atoms with E-state index in [-0.39, 0.29) is 0 Å². The van der Waals surface area contributed by atoms with Crippen molar-refractivity contribution < 1.29 is 4.74 Å². The maximum absolute atomic E-state index is 6.03. The molecule has 0 aromatic carbocycles. The van der Waals surface area contributed by atoms with Crippen molar-refractivity contribution in [3.8, 4) is 0 Å². The Labute approximate surface area is 113 Å². The van der Waals surface area contributed by atoms with E-state index >= 15 is 0 Å². The monoisotopic (exact) mass is 269 g/mol. The third-order valence-electron chi connectivity index (χ3n) is 3.31. The summed E-state index contributed by atoms with van der Waals surface area (Å²) >= 11 is 6.03. The summed E-state index contributed by atoms with van der Waals surface area (Å²) in [7, 11) is 1.64. The second-order valence-corrected chi connectivity index (χ2v) is 5.17. The van der Waals surface area contributed by atoms with Gasteiger partial charge in [0.1, 0.15) is 17.6 Å². The molecule has 2 heterocycles. The van der Waals surface area contributed by atoms with Crippen LogP contribution in [0, 0.1) is 5.92 Å². The molecule has 1 aromatic rings. The van der Waals surface area contributed by atoms with Crippen LogP contribution in [0.15, 0.2) is 6.07 Å². The van der Waals surface area contributed by atoms with Crippen LogP contribution < -0.4 is 4.90 Å². The molecule has 0 aliphatic carbocycles. The quantitative estimate of drug-likeness (QED) is 0.771. The predicted octanol–water partition coefficient (Wildman–Crippen LogP) is 2.90. The minimum Gasteiger partial charge on any atom is -0.377 e. The van der Waals surface area contributed by atoms with E-state index in [9.17, 15) is 0 Å². The van der Waals surface area contributed by atoms with Crippen molar-refractivity contribution in [2.45, 2.75) is 32.8 Å². The molecule has 4 nitrogen and oxygen atoms in total. The van der Waals surface area contributed by atoms with Gasteiger partial charge in [-0.2, -0.15) is 0 Å². The number of hydrogen-bond donors (Lipinski definition) is 0.